The molecule has 0 N–H and O–H groups in total. The van der Waals surface area contributed by atoms with Crippen molar-refractivity contribution in [3.05, 3.63) is 163 Å². The molecule has 10 rings (SSSR count). The van der Waals surface area contributed by atoms with Crippen molar-refractivity contribution in [3.8, 4) is 44.9 Å². The van der Waals surface area contributed by atoms with Crippen molar-refractivity contribution in [3.63, 3.8) is 0 Å². The molecule has 0 saturated carbocycles. The number of rotatable bonds is 2. The molecular formula is C45H25NO. The van der Waals surface area contributed by atoms with Crippen molar-refractivity contribution in [1.82, 2.24) is 0 Å². The Hall–Kier alpha value is -6.43. The Balaban J connectivity index is 1.23. The summed E-state index contributed by atoms with van der Waals surface area (Å²) in [5.74, 6) is 1.55. The van der Waals surface area contributed by atoms with E-state index >= 15 is 0 Å². The molecule has 47 heavy (non-hydrogen) atoms. The first-order chi connectivity index (χ1) is 23.2. The molecule has 1 heterocycles. The fraction of sp³-hybridized carbons (Fsp3) is 0. The van der Waals surface area contributed by atoms with Crippen LogP contribution in [0.3, 0.4) is 0 Å². The van der Waals surface area contributed by atoms with Crippen molar-refractivity contribution in [2.45, 2.75) is 0 Å². The van der Waals surface area contributed by atoms with Gasteiger partial charge in [0.25, 0.3) is 0 Å². The number of ether oxygens (including phenoxy) is 1. The number of hydrogen-bond acceptors (Lipinski definition) is 1. The summed E-state index contributed by atoms with van der Waals surface area (Å²) in [6.07, 6.45) is 0. The van der Waals surface area contributed by atoms with Crippen LogP contribution in [0.4, 0.5) is 5.69 Å². The van der Waals surface area contributed by atoms with Crippen LogP contribution in [0.2, 0.25) is 0 Å². The molecule has 0 aromatic heterocycles. The second kappa shape index (κ2) is 9.78. The van der Waals surface area contributed by atoms with Gasteiger partial charge in [-0.2, -0.15) is 0 Å². The Morgan fingerprint density at radius 3 is 1.77 bits per heavy atom. The Bertz CT molecular complexity index is 2830. The summed E-state index contributed by atoms with van der Waals surface area (Å²) >= 11 is 0. The van der Waals surface area contributed by atoms with Crippen LogP contribution >= 0.6 is 0 Å². The summed E-state index contributed by atoms with van der Waals surface area (Å²) in [5.41, 5.74) is 7.55. The third kappa shape index (κ3) is 3.78. The first kappa shape index (κ1) is 25.9. The zero-order valence-electron chi connectivity index (χ0n) is 25.3. The molecule has 0 aliphatic carbocycles. The standard InChI is InChI=1S/C45H25NO/c1-46-30-22-29-12-9-19-38-37-21-20-28(23-43(37)47-44(24-30)45(29)38)39-25-41-36-17-7-6-16-35(36)40(26-42(41)34-15-5-4-14-33(34)39)32-18-8-11-27-10-2-3-13-31(27)32/h2-26H. The second-order valence-electron chi connectivity index (χ2n) is 12.3. The molecule has 0 saturated heterocycles. The Morgan fingerprint density at radius 1 is 0.383 bits per heavy atom. The molecule has 9 aromatic rings. The number of nitrogens with zero attached hydrogens (tertiary/aromatic N) is 1. The number of fused-ring (bicyclic) bond motifs is 8. The highest BCUT2D eigenvalue weighted by atomic mass is 16.5. The monoisotopic (exact) mass is 595 g/mol. The SMILES string of the molecule is [C-]#[N+]c1cc2c3c(cccc3c1)-c1ccc(-c3cc4c5ccccc5c(-c5cccc6ccccc56)cc4c4ccccc34)cc1O2. The average Bonchev–Trinajstić information content (AvgIpc) is 3.13. The highest BCUT2D eigenvalue weighted by Gasteiger charge is 2.22. The number of hydrogen-bond donors (Lipinski definition) is 0. The molecule has 0 unspecified atom stereocenters. The zero-order chi connectivity index (χ0) is 31.1. The van der Waals surface area contributed by atoms with E-state index in [9.17, 15) is 0 Å². The predicted octanol–water partition coefficient (Wildman–Crippen LogP) is 13.1. The average molecular weight is 596 g/mol. The zero-order valence-corrected chi connectivity index (χ0v) is 25.3. The van der Waals surface area contributed by atoms with Crippen LogP contribution in [0.25, 0.3) is 92.1 Å². The molecule has 0 radical (unpaired) electrons. The first-order valence-electron chi connectivity index (χ1n) is 15.9. The van der Waals surface area contributed by atoms with Gasteiger partial charge in [0, 0.05) is 10.9 Å². The molecule has 1 aliphatic heterocycles. The normalized spacial score (nSPS) is 12.0. The Labute approximate surface area is 271 Å². The quantitative estimate of drug-likeness (QED) is 0.143. The summed E-state index contributed by atoms with van der Waals surface area (Å²) in [6, 6.07) is 54.2. The lowest BCUT2D eigenvalue weighted by Crippen LogP contribution is -1.97. The first-order valence-corrected chi connectivity index (χ1v) is 15.9. The van der Waals surface area contributed by atoms with Crippen molar-refractivity contribution in [1.29, 1.82) is 0 Å². The molecule has 216 valence electrons. The smallest absolute Gasteiger partial charge is 0.191 e. The third-order valence-corrected chi connectivity index (χ3v) is 9.82. The molecule has 0 atom stereocenters. The van der Waals surface area contributed by atoms with Crippen LogP contribution in [0.15, 0.2) is 152 Å². The van der Waals surface area contributed by atoms with Gasteiger partial charge in [-0.15, -0.1) is 0 Å². The van der Waals surface area contributed by atoms with Crippen LogP contribution in [-0.2, 0) is 0 Å². The van der Waals surface area contributed by atoms with E-state index in [0.717, 1.165) is 39.0 Å². The van der Waals surface area contributed by atoms with E-state index in [1.165, 1.54) is 59.8 Å². The van der Waals surface area contributed by atoms with Gasteiger partial charge in [-0.1, -0.05) is 115 Å². The summed E-state index contributed by atoms with van der Waals surface area (Å²) in [4.78, 5) is 3.70. The maximum atomic E-state index is 7.62. The summed E-state index contributed by atoms with van der Waals surface area (Å²) in [6.45, 7) is 7.62. The minimum Gasteiger partial charge on any atom is -0.457 e. The van der Waals surface area contributed by atoms with E-state index < -0.39 is 0 Å². The lowest BCUT2D eigenvalue weighted by molar-refractivity contribution is 0.487. The second-order valence-corrected chi connectivity index (χ2v) is 12.3. The Morgan fingerprint density at radius 2 is 1.00 bits per heavy atom. The van der Waals surface area contributed by atoms with Gasteiger partial charge in [-0.05, 0) is 113 Å². The van der Waals surface area contributed by atoms with E-state index in [4.69, 9.17) is 11.3 Å². The number of benzene rings is 9. The van der Waals surface area contributed by atoms with Crippen LogP contribution < -0.4 is 4.74 Å². The maximum Gasteiger partial charge on any atom is 0.191 e. The van der Waals surface area contributed by atoms with Gasteiger partial charge < -0.3 is 4.74 Å². The lowest BCUT2D eigenvalue weighted by Gasteiger charge is -2.23. The van der Waals surface area contributed by atoms with E-state index in [1.54, 1.807) is 0 Å². The minimum absolute atomic E-state index is 0.583. The van der Waals surface area contributed by atoms with Gasteiger partial charge in [0.05, 0.1) is 6.57 Å². The van der Waals surface area contributed by atoms with Crippen molar-refractivity contribution >= 4 is 59.5 Å². The van der Waals surface area contributed by atoms with Gasteiger partial charge in [-0.25, -0.2) is 4.85 Å². The van der Waals surface area contributed by atoms with Gasteiger partial charge in [0.15, 0.2) is 5.69 Å². The van der Waals surface area contributed by atoms with Crippen LogP contribution in [0.5, 0.6) is 11.5 Å². The van der Waals surface area contributed by atoms with Gasteiger partial charge in [-0.3, -0.25) is 0 Å². The predicted molar refractivity (Wildman–Crippen MR) is 197 cm³/mol. The van der Waals surface area contributed by atoms with Gasteiger partial charge >= 0.3 is 0 Å². The fourth-order valence-corrected chi connectivity index (χ4v) is 7.73. The minimum atomic E-state index is 0.583. The fourth-order valence-electron chi connectivity index (χ4n) is 7.73. The molecule has 0 amide bonds. The van der Waals surface area contributed by atoms with E-state index in [1.807, 2.05) is 12.1 Å². The van der Waals surface area contributed by atoms with E-state index in [0.29, 0.717) is 5.69 Å². The lowest BCUT2D eigenvalue weighted by atomic mass is 9.86. The molecule has 1 aliphatic rings. The van der Waals surface area contributed by atoms with E-state index in [-0.39, 0.29) is 0 Å². The highest BCUT2D eigenvalue weighted by Crippen LogP contribution is 2.50. The molecule has 2 heteroatoms. The molecule has 9 aromatic carbocycles. The highest BCUT2D eigenvalue weighted by molar-refractivity contribution is 6.24. The van der Waals surface area contributed by atoms with Gasteiger partial charge in [0.2, 0.25) is 0 Å². The van der Waals surface area contributed by atoms with Crippen LogP contribution in [-0.4, -0.2) is 0 Å². The van der Waals surface area contributed by atoms with E-state index in [2.05, 4.69) is 144 Å². The molecule has 0 bridgehead atoms. The Kier molecular flexibility index (Phi) is 5.38. The third-order valence-electron chi connectivity index (χ3n) is 9.82. The van der Waals surface area contributed by atoms with Crippen LogP contribution in [0, 0.1) is 6.57 Å². The van der Waals surface area contributed by atoms with Crippen molar-refractivity contribution in [2.24, 2.45) is 0 Å². The molecule has 0 fully saturated rings. The largest absolute Gasteiger partial charge is 0.457 e. The summed E-state index contributed by atoms with van der Waals surface area (Å²) in [5, 5.41) is 12.0. The topological polar surface area (TPSA) is 13.6 Å². The van der Waals surface area contributed by atoms with Crippen molar-refractivity contribution < 1.29 is 4.74 Å². The van der Waals surface area contributed by atoms with Crippen LogP contribution in [0.1, 0.15) is 0 Å². The van der Waals surface area contributed by atoms with Gasteiger partial charge in [0.1, 0.15) is 11.5 Å². The molecule has 0 spiro atoms. The molecular weight excluding hydrogens is 571 g/mol. The summed E-state index contributed by atoms with van der Waals surface area (Å²) < 4.78 is 6.58. The molecule has 2 nitrogen and oxygen atoms in total. The summed E-state index contributed by atoms with van der Waals surface area (Å²) in [7, 11) is 0. The van der Waals surface area contributed by atoms with Crippen molar-refractivity contribution in [2.75, 3.05) is 0 Å². The maximum absolute atomic E-state index is 7.62.